The zero-order valence-corrected chi connectivity index (χ0v) is 10.4. The van der Waals surface area contributed by atoms with E-state index < -0.39 is 0 Å². The minimum absolute atomic E-state index is 0.782. The predicted molar refractivity (Wildman–Crippen MR) is 69.1 cm³/mol. The smallest absolute Gasteiger partial charge is 0.115 e. The van der Waals surface area contributed by atoms with Crippen molar-refractivity contribution < 1.29 is 0 Å². The number of benzene rings is 1. The summed E-state index contributed by atoms with van der Waals surface area (Å²) in [5.74, 6) is 6.87. The van der Waals surface area contributed by atoms with Crippen molar-refractivity contribution in [2.45, 2.75) is 6.42 Å². The van der Waals surface area contributed by atoms with E-state index >= 15 is 0 Å². The van der Waals surface area contributed by atoms with E-state index in [4.69, 9.17) is 0 Å². The molecule has 0 amide bonds. The summed E-state index contributed by atoms with van der Waals surface area (Å²) in [6.07, 6.45) is 0.792. The molecule has 0 radical (unpaired) electrons. The van der Waals surface area contributed by atoms with Crippen LogP contribution in [-0.2, 0) is 0 Å². The number of thiol groups is 1. The number of nitrogens with zero attached hydrogens (tertiary/aromatic N) is 1. The Morgan fingerprint density at radius 3 is 3.13 bits per heavy atom. The summed E-state index contributed by atoms with van der Waals surface area (Å²) < 4.78 is 1.02. The van der Waals surface area contributed by atoms with Crippen LogP contribution in [0.3, 0.4) is 0 Å². The molecule has 1 heterocycles. The van der Waals surface area contributed by atoms with Crippen LogP contribution in [0.25, 0.3) is 10.9 Å². The van der Waals surface area contributed by atoms with Gasteiger partial charge in [0.05, 0.1) is 5.52 Å². The van der Waals surface area contributed by atoms with Crippen molar-refractivity contribution in [2.75, 3.05) is 5.75 Å². The number of halogens is 1. The van der Waals surface area contributed by atoms with Crippen LogP contribution in [0.15, 0.2) is 22.7 Å². The van der Waals surface area contributed by atoms with Gasteiger partial charge >= 0.3 is 0 Å². The summed E-state index contributed by atoms with van der Waals surface area (Å²) in [4.78, 5) is 0. The molecule has 0 fully saturated rings. The van der Waals surface area contributed by atoms with Gasteiger partial charge in [-0.2, -0.15) is 17.7 Å². The zero-order chi connectivity index (χ0) is 10.7. The maximum Gasteiger partial charge on any atom is 0.115 e. The summed E-state index contributed by atoms with van der Waals surface area (Å²) in [6, 6.07) is 5.96. The van der Waals surface area contributed by atoms with E-state index in [1.54, 1.807) is 0 Å². The van der Waals surface area contributed by atoms with Crippen LogP contribution in [0.2, 0.25) is 0 Å². The third-order valence-corrected chi connectivity index (χ3v) is 2.68. The fraction of sp³-hybridized carbons (Fsp3) is 0.182. The number of hydrogen-bond acceptors (Lipinski definition) is 2. The van der Waals surface area contributed by atoms with Crippen LogP contribution in [0.1, 0.15) is 12.1 Å². The number of hydrogen-bond donors (Lipinski definition) is 2. The highest BCUT2D eigenvalue weighted by atomic mass is 79.9. The molecule has 0 saturated carbocycles. The SMILES string of the molecule is SCCC#Cc1[nH]nc2cc(Br)ccc12. The minimum Gasteiger partial charge on any atom is -0.269 e. The molecule has 0 aliphatic rings. The van der Waals surface area contributed by atoms with Gasteiger partial charge in [-0.25, -0.2) is 0 Å². The van der Waals surface area contributed by atoms with Crippen LogP contribution in [0.5, 0.6) is 0 Å². The number of fused-ring (bicyclic) bond motifs is 1. The minimum atomic E-state index is 0.782. The monoisotopic (exact) mass is 280 g/mol. The van der Waals surface area contributed by atoms with Gasteiger partial charge in [0.15, 0.2) is 0 Å². The van der Waals surface area contributed by atoms with Gasteiger partial charge < -0.3 is 0 Å². The summed E-state index contributed by atoms with van der Waals surface area (Å²) in [7, 11) is 0. The normalized spacial score (nSPS) is 10.0. The Kier molecular flexibility index (Phi) is 3.34. The van der Waals surface area contributed by atoms with Crippen LogP contribution in [0.4, 0.5) is 0 Å². The molecule has 15 heavy (non-hydrogen) atoms. The van der Waals surface area contributed by atoms with Gasteiger partial charge in [-0.15, -0.1) is 0 Å². The predicted octanol–water partition coefficient (Wildman–Crippen LogP) is 3.00. The molecular formula is C11H9BrN2S. The zero-order valence-electron chi connectivity index (χ0n) is 7.92. The summed E-state index contributed by atoms with van der Waals surface area (Å²) >= 11 is 7.51. The molecule has 0 aliphatic carbocycles. The van der Waals surface area contributed by atoms with E-state index in [1.807, 2.05) is 18.2 Å². The Balaban J connectivity index is 2.42. The molecule has 0 saturated heterocycles. The molecule has 4 heteroatoms. The highest BCUT2D eigenvalue weighted by Gasteiger charge is 2.02. The second kappa shape index (κ2) is 4.73. The molecule has 1 aromatic heterocycles. The molecule has 0 unspecified atom stereocenters. The second-order valence-corrected chi connectivity index (χ2v) is 4.40. The molecule has 2 rings (SSSR count). The molecule has 2 nitrogen and oxygen atoms in total. The van der Waals surface area contributed by atoms with Crippen molar-refractivity contribution >= 4 is 39.5 Å². The van der Waals surface area contributed by atoms with E-state index in [-0.39, 0.29) is 0 Å². The van der Waals surface area contributed by atoms with Crippen molar-refractivity contribution in [3.8, 4) is 11.8 Å². The number of rotatable bonds is 1. The van der Waals surface area contributed by atoms with Gasteiger partial charge in [-0.05, 0) is 24.1 Å². The van der Waals surface area contributed by atoms with Crippen molar-refractivity contribution in [2.24, 2.45) is 0 Å². The maximum absolute atomic E-state index is 4.18. The Hall–Kier alpha value is -0.920. The largest absolute Gasteiger partial charge is 0.269 e. The van der Waals surface area contributed by atoms with E-state index in [1.165, 1.54) is 0 Å². The topological polar surface area (TPSA) is 28.7 Å². The molecule has 0 bridgehead atoms. The van der Waals surface area contributed by atoms with E-state index in [2.05, 4.69) is 50.6 Å². The Morgan fingerprint density at radius 1 is 1.47 bits per heavy atom. The van der Waals surface area contributed by atoms with Crippen molar-refractivity contribution in [3.63, 3.8) is 0 Å². The Bertz CT molecular complexity index is 536. The van der Waals surface area contributed by atoms with Gasteiger partial charge in [0.1, 0.15) is 5.69 Å². The average Bonchev–Trinajstić information content (AvgIpc) is 2.61. The Labute approximate surface area is 102 Å². The third-order valence-electron chi connectivity index (χ3n) is 1.97. The van der Waals surface area contributed by atoms with Gasteiger partial charge in [-0.1, -0.05) is 21.9 Å². The molecule has 0 aliphatic heterocycles. The lowest BCUT2D eigenvalue weighted by molar-refractivity contribution is 1.10. The lowest BCUT2D eigenvalue weighted by Gasteiger charge is -1.89. The fourth-order valence-electron chi connectivity index (χ4n) is 1.29. The van der Waals surface area contributed by atoms with Crippen molar-refractivity contribution in [3.05, 3.63) is 28.4 Å². The first kappa shape index (κ1) is 10.6. The quantitative estimate of drug-likeness (QED) is 0.610. The first-order valence-corrected chi connectivity index (χ1v) is 5.97. The molecule has 2 aromatic rings. The van der Waals surface area contributed by atoms with Gasteiger partial charge in [0, 0.05) is 22.0 Å². The molecule has 1 N–H and O–H groups in total. The Morgan fingerprint density at radius 2 is 2.33 bits per heavy atom. The van der Waals surface area contributed by atoms with Crippen LogP contribution in [0, 0.1) is 11.8 Å². The van der Waals surface area contributed by atoms with Gasteiger partial charge in [0.2, 0.25) is 0 Å². The lowest BCUT2D eigenvalue weighted by Crippen LogP contribution is -1.75. The van der Waals surface area contributed by atoms with Crippen molar-refractivity contribution in [1.82, 2.24) is 10.2 Å². The van der Waals surface area contributed by atoms with Gasteiger partial charge in [0.25, 0.3) is 0 Å². The first-order chi connectivity index (χ1) is 7.31. The molecule has 0 spiro atoms. The van der Waals surface area contributed by atoms with E-state index in [0.29, 0.717) is 0 Å². The molecular weight excluding hydrogens is 272 g/mol. The summed E-state index contributed by atoms with van der Waals surface area (Å²) in [5.41, 5.74) is 1.80. The van der Waals surface area contributed by atoms with E-state index in [9.17, 15) is 0 Å². The molecule has 76 valence electrons. The summed E-state index contributed by atoms with van der Waals surface area (Å²) in [5, 5.41) is 8.17. The highest BCUT2D eigenvalue weighted by molar-refractivity contribution is 9.10. The second-order valence-electron chi connectivity index (χ2n) is 3.04. The molecule has 0 atom stereocenters. The average molecular weight is 281 g/mol. The van der Waals surface area contributed by atoms with Crippen LogP contribution >= 0.6 is 28.6 Å². The fourth-order valence-corrected chi connectivity index (χ4v) is 1.75. The number of nitrogens with one attached hydrogen (secondary N) is 1. The standard InChI is InChI=1S/C11H9BrN2S/c12-8-4-5-9-10(3-1-2-6-15)13-14-11(9)7-8/h4-5,7,15H,2,6H2,(H,13,14). The van der Waals surface area contributed by atoms with Crippen LogP contribution < -0.4 is 0 Å². The maximum atomic E-state index is 4.18. The summed E-state index contributed by atoms with van der Waals surface area (Å²) in [6.45, 7) is 0. The highest BCUT2D eigenvalue weighted by Crippen LogP contribution is 2.19. The van der Waals surface area contributed by atoms with Crippen LogP contribution in [-0.4, -0.2) is 16.0 Å². The first-order valence-electron chi connectivity index (χ1n) is 4.54. The molecule has 1 aromatic carbocycles. The number of aromatic amines is 1. The lowest BCUT2D eigenvalue weighted by atomic mass is 10.2. The third kappa shape index (κ3) is 2.36. The number of aromatic nitrogens is 2. The van der Waals surface area contributed by atoms with Crippen molar-refractivity contribution in [1.29, 1.82) is 0 Å². The van der Waals surface area contributed by atoms with E-state index in [0.717, 1.165) is 33.2 Å². The number of H-pyrrole nitrogens is 1. The van der Waals surface area contributed by atoms with Gasteiger partial charge in [-0.3, -0.25) is 5.10 Å².